The number of sulfonamides is 1. The first-order valence-corrected chi connectivity index (χ1v) is 10.3. The first-order chi connectivity index (χ1) is 13.8. The summed E-state index contributed by atoms with van der Waals surface area (Å²) < 4.78 is 56.8. The van der Waals surface area contributed by atoms with Gasteiger partial charge >= 0.3 is 5.97 Å². The Hall–Kier alpha value is -2.65. The van der Waals surface area contributed by atoms with Crippen LogP contribution in [0.15, 0.2) is 41.3 Å². The highest BCUT2D eigenvalue weighted by Gasteiger charge is 2.38. The highest BCUT2D eigenvalue weighted by Crippen LogP contribution is 2.41. The number of benzene rings is 2. The van der Waals surface area contributed by atoms with E-state index in [0.29, 0.717) is 23.5 Å². The highest BCUT2D eigenvalue weighted by atomic mass is 32.2. The molecular formula is C20H22FNO6S. The molecule has 0 spiro atoms. The van der Waals surface area contributed by atoms with Gasteiger partial charge in [0.25, 0.3) is 0 Å². The fourth-order valence-electron chi connectivity index (χ4n) is 3.51. The van der Waals surface area contributed by atoms with Crippen LogP contribution in [0.2, 0.25) is 0 Å². The molecule has 0 radical (unpaired) electrons. The van der Waals surface area contributed by atoms with Crippen molar-refractivity contribution < 1.29 is 31.8 Å². The first kappa shape index (κ1) is 21.1. The summed E-state index contributed by atoms with van der Waals surface area (Å²) >= 11 is 0. The van der Waals surface area contributed by atoms with E-state index < -0.39 is 27.9 Å². The normalized spacial score (nSPS) is 16.8. The maximum Gasteiger partial charge on any atom is 0.307 e. The van der Waals surface area contributed by atoms with Gasteiger partial charge in [-0.2, -0.15) is 4.31 Å². The summed E-state index contributed by atoms with van der Waals surface area (Å²) in [5, 5.41) is 0. The van der Waals surface area contributed by atoms with E-state index in [9.17, 15) is 17.6 Å². The van der Waals surface area contributed by atoms with Crippen LogP contribution in [0, 0.1) is 5.82 Å². The zero-order valence-corrected chi connectivity index (χ0v) is 17.2. The van der Waals surface area contributed by atoms with Gasteiger partial charge in [-0.05, 0) is 47.9 Å². The van der Waals surface area contributed by atoms with Crippen LogP contribution in [-0.4, -0.2) is 46.6 Å². The van der Waals surface area contributed by atoms with Gasteiger partial charge in [0.2, 0.25) is 10.0 Å². The molecule has 1 heterocycles. The predicted molar refractivity (Wildman–Crippen MR) is 103 cm³/mol. The number of methoxy groups -OCH3 is 3. The maximum atomic E-state index is 13.7. The number of fused-ring (bicyclic) bond motifs is 1. The van der Waals surface area contributed by atoms with Crippen molar-refractivity contribution in [1.82, 2.24) is 4.31 Å². The zero-order valence-electron chi connectivity index (χ0n) is 16.3. The molecule has 9 heteroatoms. The summed E-state index contributed by atoms with van der Waals surface area (Å²) in [7, 11) is 0.180. The lowest BCUT2D eigenvalue weighted by molar-refractivity contribution is -0.141. The topological polar surface area (TPSA) is 82.1 Å². The second kappa shape index (κ2) is 8.38. The molecule has 1 unspecified atom stereocenters. The first-order valence-electron chi connectivity index (χ1n) is 8.90. The smallest absolute Gasteiger partial charge is 0.307 e. The number of rotatable bonds is 6. The number of hydrogen-bond acceptors (Lipinski definition) is 6. The molecule has 0 saturated heterocycles. The molecule has 2 aromatic rings. The van der Waals surface area contributed by atoms with Gasteiger partial charge < -0.3 is 14.2 Å². The van der Waals surface area contributed by atoms with E-state index in [2.05, 4.69) is 0 Å². The van der Waals surface area contributed by atoms with Crippen molar-refractivity contribution in [3.05, 3.63) is 53.3 Å². The minimum atomic E-state index is -4.05. The molecule has 0 aliphatic carbocycles. The van der Waals surface area contributed by atoms with Crippen molar-refractivity contribution >= 4 is 16.0 Å². The second-order valence-corrected chi connectivity index (χ2v) is 8.42. The molecule has 0 amide bonds. The van der Waals surface area contributed by atoms with E-state index in [-0.39, 0.29) is 17.9 Å². The van der Waals surface area contributed by atoms with Crippen molar-refractivity contribution in [3.8, 4) is 11.5 Å². The molecule has 1 atom stereocenters. The number of esters is 1. The molecule has 0 saturated carbocycles. The molecule has 1 aliphatic heterocycles. The van der Waals surface area contributed by atoms with E-state index in [1.807, 2.05) is 0 Å². The van der Waals surface area contributed by atoms with Crippen LogP contribution < -0.4 is 9.47 Å². The molecule has 0 N–H and O–H groups in total. The highest BCUT2D eigenvalue weighted by molar-refractivity contribution is 7.89. The average Bonchev–Trinajstić information content (AvgIpc) is 2.72. The van der Waals surface area contributed by atoms with Crippen molar-refractivity contribution in [2.75, 3.05) is 27.9 Å². The summed E-state index contributed by atoms with van der Waals surface area (Å²) in [5.74, 6) is -0.271. The van der Waals surface area contributed by atoms with Gasteiger partial charge in [-0.3, -0.25) is 4.79 Å². The Labute approximate surface area is 169 Å². The van der Waals surface area contributed by atoms with Crippen LogP contribution in [0.25, 0.3) is 0 Å². The summed E-state index contributed by atoms with van der Waals surface area (Å²) in [6, 6.07) is 7.45. The van der Waals surface area contributed by atoms with Crippen molar-refractivity contribution in [3.63, 3.8) is 0 Å². The lowest BCUT2D eigenvalue weighted by Gasteiger charge is -2.36. The van der Waals surface area contributed by atoms with Gasteiger partial charge in [-0.25, -0.2) is 12.8 Å². The van der Waals surface area contributed by atoms with E-state index in [1.165, 1.54) is 43.8 Å². The number of ether oxygens (including phenoxy) is 3. The van der Waals surface area contributed by atoms with Gasteiger partial charge in [-0.1, -0.05) is 6.07 Å². The molecule has 2 aromatic carbocycles. The molecule has 0 aromatic heterocycles. The summed E-state index contributed by atoms with van der Waals surface area (Å²) in [5.41, 5.74) is 1.47. The average molecular weight is 423 g/mol. The molecule has 3 rings (SSSR count). The number of hydrogen-bond donors (Lipinski definition) is 0. The van der Waals surface area contributed by atoms with Crippen molar-refractivity contribution in [2.24, 2.45) is 0 Å². The summed E-state index contributed by atoms with van der Waals surface area (Å²) in [6.07, 6.45) is 0.218. The fraction of sp³-hybridized carbons (Fsp3) is 0.350. The van der Waals surface area contributed by atoms with Gasteiger partial charge in [-0.15, -0.1) is 0 Å². The van der Waals surface area contributed by atoms with Gasteiger partial charge in [0.1, 0.15) is 5.82 Å². The lowest BCUT2D eigenvalue weighted by atomic mass is 9.91. The second-order valence-electron chi connectivity index (χ2n) is 6.53. The van der Waals surface area contributed by atoms with Crippen molar-refractivity contribution in [1.29, 1.82) is 0 Å². The van der Waals surface area contributed by atoms with Gasteiger partial charge in [0.15, 0.2) is 11.5 Å². The van der Waals surface area contributed by atoms with Gasteiger partial charge in [0.05, 0.1) is 38.7 Å². The van der Waals surface area contributed by atoms with Gasteiger partial charge in [0, 0.05) is 6.54 Å². The summed E-state index contributed by atoms with van der Waals surface area (Å²) in [4.78, 5) is 11.9. The molecule has 0 bridgehead atoms. The quantitative estimate of drug-likeness (QED) is 0.665. The standard InChI is InChI=1S/C20H22FNO6S/c1-26-18-9-13-7-8-22(29(24,25)15-6-4-5-14(21)10-15)17(12-20(23)28-3)16(13)11-19(18)27-2/h4-6,9-11,17H,7-8,12H2,1-3H3. The van der Waals surface area contributed by atoms with E-state index in [0.717, 1.165) is 11.6 Å². The van der Waals surface area contributed by atoms with Crippen molar-refractivity contribution in [2.45, 2.75) is 23.8 Å². The SMILES string of the molecule is COC(=O)CC1c2cc(OC)c(OC)cc2CCN1S(=O)(=O)c1cccc(F)c1. The fourth-order valence-corrected chi connectivity index (χ4v) is 5.15. The Morgan fingerprint density at radius 1 is 1.14 bits per heavy atom. The van der Waals surface area contributed by atoms with Crippen LogP contribution in [0.4, 0.5) is 4.39 Å². The number of nitrogens with zero attached hydrogens (tertiary/aromatic N) is 1. The lowest BCUT2D eigenvalue weighted by Crippen LogP contribution is -2.41. The third kappa shape index (κ3) is 4.06. The monoisotopic (exact) mass is 423 g/mol. The van der Waals surface area contributed by atoms with E-state index in [4.69, 9.17) is 14.2 Å². The molecule has 156 valence electrons. The Kier molecular flexibility index (Phi) is 6.09. The minimum Gasteiger partial charge on any atom is -0.493 e. The van der Waals surface area contributed by atoms with E-state index >= 15 is 0 Å². The Balaban J connectivity index is 2.12. The van der Waals surface area contributed by atoms with Crippen LogP contribution >= 0.6 is 0 Å². The molecular weight excluding hydrogens is 401 g/mol. The third-order valence-corrected chi connectivity index (χ3v) is 6.85. The van der Waals surface area contributed by atoms with Crippen LogP contribution in [0.3, 0.4) is 0 Å². The number of carbonyl (C=O) groups is 1. The van der Waals surface area contributed by atoms with Crippen LogP contribution in [-0.2, 0) is 26.0 Å². The van der Waals surface area contributed by atoms with Crippen LogP contribution in [0.1, 0.15) is 23.6 Å². The Morgan fingerprint density at radius 3 is 2.45 bits per heavy atom. The molecule has 7 nitrogen and oxygen atoms in total. The maximum absolute atomic E-state index is 13.7. The minimum absolute atomic E-state index is 0.128. The zero-order chi connectivity index (χ0) is 21.2. The van der Waals surface area contributed by atoms with E-state index in [1.54, 1.807) is 12.1 Å². The third-order valence-electron chi connectivity index (χ3n) is 4.94. The summed E-state index contributed by atoms with van der Waals surface area (Å²) in [6.45, 7) is 0.128. The Morgan fingerprint density at radius 2 is 1.83 bits per heavy atom. The largest absolute Gasteiger partial charge is 0.493 e. The molecule has 1 aliphatic rings. The number of carbonyl (C=O) groups excluding carboxylic acids is 1. The van der Waals surface area contributed by atoms with Crippen LogP contribution in [0.5, 0.6) is 11.5 Å². The molecule has 29 heavy (non-hydrogen) atoms. The Bertz CT molecular complexity index is 1020. The molecule has 0 fully saturated rings. The predicted octanol–water partition coefficient (Wildman–Crippen LogP) is 2.69. The number of halogens is 1.